The summed E-state index contributed by atoms with van der Waals surface area (Å²) in [5.74, 6) is 0.103. The second-order valence-electron chi connectivity index (χ2n) is 4.94. The first-order valence-electron chi connectivity index (χ1n) is 5.64. The molecule has 0 spiro atoms. The molecule has 15 heavy (non-hydrogen) atoms. The molecule has 1 fully saturated rings. The molecule has 1 amide bonds. The van der Waals surface area contributed by atoms with Crippen LogP contribution in [0, 0.1) is 0 Å². The van der Waals surface area contributed by atoms with Crippen LogP contribution in [-0.2, 0) is 4.79 Å². The third-order valence-corrected chi connectivity index (χ3v) is 3.10. The monoisotopic (exact) mass is 214 g/mol. The van der Waals surface area contributed by atoms with Gasteiger partial charge in [-0.1, -0.05) is 0 Å². The van der Waals surface area contributed by atoms with Crippen LogP contribution < -0.4 is 10.6 Å². The number of aliphatic hydroxyl groups excluding tert-OH is 1. The Bertz CT molecular complexity index is 227. The van der Waals surface area contributed by atoms with Gasteiger partial charge in [-0.05, 0) is 33.6 Å². The highest BCUT2D eigenvalue weighted by atomic mass is 16.3. The van der Waals surface area contributed by atoms with Crippen molar-refractivity contribution in [2.45, 2.75) is 57.7 Å². The first kappa shape index (κ1) is 12.5. The summed E-state index contributed by atoms with van der Waals surface area (Å²) in [5.41, 5.74) is -0.338. The molecule has 4 heteroatoms. The first-order valence-corrected chi connectivity index (χ1v) is 5.64. The van der Waals surface area contributed by atoms with Gasteiger partial charge < -0.3 is 15.7 Å². The van der Waals surface area contributed by atoms with Crippen molar-refractivity contribution >= 4 is 5.91 Å². The van der Waals surface area contributed by atoms with Crippen LogP contribution in [-0.4, -0.2) is 35.2 Å². The largest absolute Gasteiger partial charge is 0.392 e. The number of hydrogen-bond acceptors (Lipinski definition) is 3. The molecule has 0 bridgehead atoms. The minimum atomic E-state index is -0.427. The third kappa shape index (κ3) is 3.80. The standard InChI is InChI=1S/C11H22N2O2/c1-8(14)11(2,3)13-9-5-4-6-12-10(15)7-9/h8-9,13-14H,4-7H2,1-3H3,(H,12,15). The van der Waals surface area contributed by atoms with E-state index >= 15 is 0 Å². The van der Waals surface area contributed by atoms with Gasteiger partial charge in [-0.15, -0.1) is 0 Å². The number of hydrogen-bond donors (Lipinski definition) is 3. The van der Waals surface area contributed by atoms with E-state index < -0.39 is 6.10 Å². The fourth-order valence-corrected chi connectivity index (χ4v) is 1.74. The average molecular weight is 214 g/mol. The van der Waals surface area contributed by atoms with Crippen molar-refractivity contribution < 1.29 is 9.90 Å². The van der Waals surface area contributed by atoms with Gasteiger partial charge in [0.2, 0.25) is 5.91 Å². The number of amides is 1. The molecule has 0 radical (unpaired) electrons. The van der Waals surface area contributed by atoms with Crippen LogP contribution in [0.15, 0.2) is 0 Å². The quantitative estimate of drug-likeness (QED) is 0.637. The predicted molar refractivity (Wildman–Crippen MR) is 59.5 cm³/mol. The van der Waals surface area contributed by atoms with Crippen LogP contribution in [0.1, 0.15) is 40.0 Å². The van der Waals surface area contributed by atoms with Crippen LogP contribution in [0.2, 0.25) is 0 Å². The molecule has 88 valence electrons. The molecule has 0 saturated carbocycles. The summed E-state index contributed by atoms with van der Waals surface area (Å²) in [6.45, 7) is 6.46. The summed E-state index contributed by atoms with van der Waals surface area (Å²) in [4.78, 5) is 11.3. The average Bonchev–Trinajstić information content (AvgIpc) is 2.28. The maximum absolute atomic E-state index is 11.3. The van der Waals surface area contributed by atoms with Crippen LogP contribution in [0.25, 0.3) is 0 Å². The summed E-state index contributed by atoms with van der Waals surface area (Å²) >= 11 is 0. The highest BCUT2D eigenvalue weighted by molar-refractivity contribution is 5.76. The van der Waals surface area contributed by atoms with E-state index in [4.69, 9.17) is 0 Å². The molecule has 1 aliphatic rings. The van der Waals surface area contributed by atoms with E-state index in [1.54, 1.807) is 6.92 Å². The van der Waals surface area contributed by atoms with Crippen molar-refractivity contribution in [1.82, 2.24) is 10.6 Å². The van der Waals surface area contributed by atoms with Gasteiger partial charge in [-0.25, -0.2) is 0 Å². The Morgan fingerprint density at radius 1 is 1.60 bits per heavy atom. The molecule has 4 nitrogen and oxygen atoms in total. The van der Waals surface area contributed by atoms with Gasteiger partial charge in [0.25, 0.3) is 0 Å². The van der Waals surface area contributed by atoms with Gasteiger partial charge in [0.05, 0.1) is 6.10 Å². The zero-order valence-corrected chi connectivity index (χ0v) is 9.84. The molecule has 2 atom stereocenters. The summed E-state index contributed by atoms with van der Waals surface area (Å²) < 4.78 is 0. The normalized spacial score (nSPS) is 25.6. The van der Waals surface area contributed by atoms with Gasteiger partial charge >= 0.3 is 0 Å². The Hall–Kier alpha value is -0.610. The van der Waals surface area contributed by atoms with Crippen molar-refractivity contribution in [1.29, 1.82) is 0 Å². The summed E-state index contributed by atoms with van der Waals surface area (Å²) in [7, 11) is 0. The minimum absolute atomic E-state index is 0.103. The first-order chi connectivity index (χ1) is 6.92. The van der Waals surface area contributed by atoms with E-state index in [1.165, 1.54) is 0 Å². The molecule has 1 saturated heterocycles. The molecular formula is C11H22N2O2. The van der Waals surface area contributed by atoms with Crippen molar-refractivity contribution in [3.63, 3.8) is 0 Å². The molecule has 1 aliphatic heterocycles. The van der Waals surface area contributed by atoms with E-state index in [-0.39, 0.29) is 17.5 Å². The van der Waals surface area contributed by atoms with E-state index in [0.717, 1.165) is 19.4 Å². The molecule has 1 rings (SSSR count). The van der Waals surface area contributed by atoms with Crippen molar-refractivity contribution in [2.24, 2.45) is 0 Å². The van der Waals surface area contributed by atoms with Crippen LogP contribution >= 0.6 is 0 Å². The molecule has 1 heterocycles. The summed E-state index contributed by atoms with van der Waals surface area (Å²) in [6.07, 6.45) is 2.06. The molecule has 0 aliphatic carbocycles. The Morgan fingerprint density at radius 3 is 2.87 bits per heavy atom. The van der Waals surface area contributed by atoms with Gasteiger partial charge in [-0.2, -0.15) is 0 Å². The molecule has 3 N–H and O–H groups in total. The van der Waals surface area contributed by atoms with Gasteiger partial charge in [0.1, 0.15) is 0 Å². The Morgan fingerprint density at radius 2 is 2.27 bits per heavy atom. The van der Waals surface area contributed by atoms with E-state index in [2.05, 4.69) is 10.6 Å². The number of nitrogens with one attached hydrogen (secondary N) is 2. The fourth-order valence-electron chi connectivity index (χ4n) is 1.74. The lowest BCUT2D eigenvalue weighted by Gasteiger charge is -2.33. The number of carbonyl (C=O) groups excluding carboxylic acids is 1. The zero-order valence-electron chi connectivity index (χ0n) is 9.84. The van der Waals surface area contributed by atoms with Crippen molar-refractivity contribution in [2.75, 3.05) is 6.54 Å². The highest BCUT2D eigenvalue weighted by Gasteiger charge is 2.28. The summed E-state index contributed by atoms with van der Waals surface area (Å²) in [6, 6.07) is 0.178. The summed E-state index contributed by atoms with van der Waals surface area (Å²) in [5, 5.41) is 15.8. The third-order valence-electron chi connectivity index (χ3n) is 3.10. The second kappa shape index (κ2) is 4.94. The molecular weight excluding hydrogens is 192 g/mol. The molecule has 0 aromatic rings. The maximum Gasteiger partial charge on any atom is 0.221 e. The highest BCUT2D eigenvalue weighted by Crippen LogP contribution is 2.14. The molecule has 0 aromatic carbocycles. The SMILES string of the molecule is CC(O)C(C)(C)NC1CCCNC(=O)C1. The van der Waals surface area contributed by atoms with Gasteiger partial charge in [-0.3, -0.25) is 4.79 Å². The van der Waals surface area contributed by atoms with Gasteiger partial charge in [0, 0.05) is 24.5 Å². The van der Waals surface area contributed by atoms with Crippen molar-refractivity contribution in [3.8, 4) is 0 Å². The lowest BCUT2D eigenvalue weighted by Crippen LogP contribution is -2.53. The Balaban J connectivity index is 2.52. The smallest absolute Gasteiger partial charge is 0.221 e. The lowest BCUT2D eigenvalue weighted by atomic mass is 9.95. The van der Waals surface area contributed by atoms with Crippen LogP contribution in [0.5, 0.6) is 0 Å². The Labute approximate surface area is 91.4 Å². The lowest BCUT2D eigenvalue weighted by molar-refractivity contribution is -0.121. The van der Waals surface area contributed by atoms with Crippen molar-refractivity contribution in [3.05, 3.63) is 0 Å². The topological polar surface area (TPSA) is 61.4 Å². The number of carbonyl (C=O) groups is 1. The predicted octanol–water partition coefficient (Wildman–Crippen LogP) is 0.404. The van der Waals surface area contributed by atoms with Crippen LogP contribution in [0.4, 0.5) is 0 Å². The minimum Gasteiger partial charge on any atom is -0.392 e. The molecule has 0 aromatic heterocycles. The fraction of sp³-hybridized carbons (Fsp3) is 0.909. The van der Waals surface area contributed by atoms with Gasteiger partial charge in [0.15, 0.2) is 0 Å². The van der Waals surface area contributed by atoms with E-state index in [1.807, 2.05) is 13.8 Å². The molecule has 2 unspecified atom stereocenters. The van der Waals surface area contributed by atoms with E-state index in [0.29, 0.717) is 6.42 Å². The number of rotatable bonds is 3. The Kier molecular flexibility index (Phi) is 4.11. The maximum atomic E-state index is 11.3. The second-order valence-corrected chi connectivity index (χ2v) is 4.94. The number of aliphatic hydroxyl groups is 1. The van der Waals surface area contributed by atoms with E-state index in [9.17, 15) is 9.90 Å². The zero-order chi connectivity index (χ0) is 11.5. The van der Waals surface area contributed by atoms with Crippen LogP contribution in [0.3, 0.4) is 0 Å².